The zero-order valence-corrected chi connectivity index (χ0v) is 16.0. The van der Waals surface area contributed by atoms with Crippen molar-refractivity contribution in [2.24, 2.45) is 4.99 Å². The predicted molar refractivity (Wildman–Crippen MR) is 96.7 cm³/mol. The van der Waals surface area contributed by atoms with Gasteiger partial charge in [-0.15, -0.1) is 0 Å². The average molecular weight is 436 g/mol. The molecule has 1 N–H and O–H groups in total. The van der Waals surface area contributed by atoms with Crippen LogP contribution in [0.2, 0.25) is 0 Å². The Morgan fingerprint density at radius 3 is 2.70 bits per heavy atom. The van der Waals surface area contributed by atoms with Gasteiger partial charge in [0.1, 0.15) is 0 Å². The van der Waals surface area contributed by atoms with Crippen LogP contribution in [-0.2, 0) is 14.6 Å². The van der Waals surface area contributed by atoms with Gasteiger partial charge in [-0.3, -0.25) is 9.69 Å². The molecule has 1 amide bonds. The highest BCUT2D eigenvalue weighted by Crippen LogP contribution is 2.44. The van der Waals surface area contributed by atoms with Crippen molar-refractivity contribution in [2.45, 2.75) is 16.7 Å². The molecule has 0 spiro atoms. The number of nitrogens with zero attached hydrogens (tertiary/aromatic N) is 3. The molecule has 0 aliphatic carbocycles. The summed E-state index contributed by atoms with van der Waals surface area (Å²) in [6.07, 6.45) is -3.94. The van der Waals surface area contributed by atoms with Crippen LogP contribution in [0.3, 0.4) is 0 Å². The predicted octanol–water partition coefficient (Wildman–Crippen LogP) is 2.32. The molecule has 0 bridgehead atoms. The average Bonchev–Trinajstić information content (AvgIpc) is 3.21. The minimum atomic E-state index is -4.97. The number of alkyl halides is 3. The summed E-state index contributed by atoms with van der Waals surface area (Å²) in [6.45, 7) is 0.166. The van der Waals surface area contributed by atoms with Crippen LogP contribution in [0.15, 0.2) is 28.1 Å². The first-order chi connectivity index (χ1) is 12.5. The highest BCUT2D eigenvalue weighted by molar-refractivity contribution is 8.14. The number of hydrogen-bond acceptors (Lipinski definition) is 8. The zero-order valence-electron chi connectivity index (χ0n) is 13.6. The minimum Gasteiger partial charge on any atom is -0.322 e. The molecule has 2 aliphatic rings. The number of fused-ring (bicyclic) bond motifs is 2. The third kappa shape index (κ3) is 2.88. The Labute approximate surface area is 159 Å². The molecule has 0 unspecified atom stereocenters. The highest BCUT2D eigenvalue weighted by Gasteiger charge is 2.67. The fraction of sp³-hybridized carbons (Fsp3) is 0.357. The molecule has 1 saturated heterocycles. The number of aliphatic imine (C=N–C) groups is 1. The maximum absolute atomic E-state index is 13.8. The fourth-order valence-corrected chi connectivity index (χ4v) is 5.42. The van der Waals surface area contributed by atoms with Crippen LogP contribution in [0.25, 0.3) is 10.2 Å². The lowest BCUT2D eigenvalue weighted by Crippen LogP contribution is -2.57. The van der Waals surface area contributed by atoms with Crippen molar-refractivity contribution in [1.82, 2.24) is 9.88 Å². The zero-order chi connectivity index (χ0) is 19.6. The molecular weight excluding hydrogens is 425 g/mol. The molecule has 144 valence electrons. The van der Waals surface area contributed by atoms with Gasteiger partial charge >= 0.3 is 11.8 Å². The Morgan fingerprint density at radius 1 is 1.33 bits per heavy atom. The van der Waals surface area contributed by atoms with E-state index in [-0.39, 0.29) is 21.7 Å². The highest BCUT2D eigenvalue weighted by atomic mass is 32.2. The number of rotatable bonds is 3. The van der Waals surface area contributed by atoms with Gasteiger partial charge in [0.2, 0.25) is 0 Å². The molecule has 0 radical (unpaired) electrons. The van der Waals surface area contributed by atoms with Crippen LogP contribution in [0, 0.1) is 0 Å². The van der Waals surface area contributed by atoms with Crippen LogP contribution in [0.4, 0.5) is 18.3 Å². The smallest absolute Gasteiger partial charge is 0.322 e. The van der Waals surface area contributed by atoms with Crippen LogP contribution in [0.5, 0.6) is 0 Å². The summed E-state index contributed by atoms with van der Waals surface area (Å²) in [5.41, 5.74) is -2.80. The first-order valence-corrected chi connectivity index (χ1v) is 11.2. The van der Waals surface area contributed by atoms with Crippen molar-refractivity contribution in [2.75, 3.05) is 23.9 Å². The van der Waals surface area contributed by atoms with Crippen molar-refractivity contribution in [3.05, 3.63) is 18.2 Å². The molecule has 1 aromatic heterocycles. The van der Waals surface area contributed by atoms with Gasteiger partial charge in [-0.1, -0.05) is 23.1 Å². The number of halogens is 3. The van der Waals surface area contributed by atoms with E-state index in [0.717, 1.165) is 34.3 Å². The topological polar surface area (TPSA) is 91.7 Å². The molecule has 3 heterocycles. The van der Waals surface area contributed by atoms with E-state index in [1.165, 1.54) is 18.2 Å². The molecule has 27 heavy (non-hydrogen) atoms. The maximum Gasteiger partial charge on any atom is 0.442 e. The van der Waals surface area contributed by atoms with Gasteiger partial charge in [0.15, 0.2) is 20.1 Å². The van der Waals surface area contributed by atoms with E-state index in [1.54, 1.807) is 0 Å². The van der Waals surface area contributed by atoms with E-state index in [0.29, 0.717) is 16.0 Å². The van der Waals surface area contributed by atoms with Crippen LogP contribution >= 0.6 is 23.1 Å². The number of nitrogens with one attached hydrogen (secondary N) is 1. The number of sulfone groups is 1. The van der Waals surface area contributed by atoms with E-state index in [4.69, 9.17) is 0 Å². The largest absolute Gasteiger partial charge is 0.442 e. The van der Waals surface area contributed by atoms with Gasteiger partial charge in [0.25, 0.3) is 5.91 Å². The molecular formula is C14H11F3N4O3S3. The number of anilines is 1. The standard InChI is InChI=1S/C14H11F3N4O3S3/c1-27(23,24)7-2-3-8-9(6-7)26-11(18-8)19-13(14(15,16)17)10(22)21-4-5-25-12(21)20-13/h2-3,6H,4-5H2,1H3,(H,18,19)/t13-/m1/s1. The molecule has 4 rings (SSSR count). The van der Waals surface area contributed by atoms with E-state index < -0.39 is 27.6 Å². The summed E-state index contributed by atoms with van der Waals surface area (Å²) in [5.74, 6) is -0.695. The van der Waals surface area contributed by atoms with E-state index in [2.05, 4.69) is 15.3 Å². The molecule has 7 nitrogen and oxygen atoms in total. The van der Waals surface area contributed by atoms with Gasteiger partial charge in [-0.05, 0) is 18.2 Å². The van der Waals surface area contributed by atoms with Crippen molar-refractivity contribution >= 4 is 59.4 Å². The molecule has 1 fully saturated rings. The second-order valence-electron chi connectivity index (χ2n) is 5.95. The monoisotopic (exact) mass is 436 g/mol. The van der Waals surface area contributed by atoms with Crippen molar-refractivity contribution in [1.29, 1.82) is 0 Å². The quantitative estimate of drug-likeness (QED) is 0.794. The van der Waals surface area contributed by atoms with Crippen molar-refractivity contribution < 1.29 is 26.4 Å². The van der Waals surface area contributed by atoms with Crippen LogP contribution in [-0.4, -0.2) is 59.8 Å². The summed E-state index contributed by atoms with van der Waals surface area (Å²) in [5, 5.41) is 2.02. The summed E-state index contributed by atoms with van der Waals surface area (Å²) >= 11 is 1.91. The SMILES string of the molecule is CS(=O)(=O)c1ccc2nc(N[C@@]3(C(F)(F)F)N=C4SCCN4C3=O)sc2c1. The normalized spacial score (nSPS) is 23.0. The fourth-order valence-electron chi connectivity index (χ4n) is 2.75. The maximum atomic E-state index is 13.8. The molecule has 0 saturated carbocycles. The third-order valence-electron chi connectivity index (χ3n) is 4.08. The Kier molecular flexibility index (Phi) is 3.99. The lowest BCUT2D eigenvalue weighted by Gasteiger charge is -2.28. The number of carbonyl (C=O) groups excluding carboxylic acids is 1. The van der Waals surface area contributed by atoms with Crippen LogP contribution < -0.4 is 5.32 Å². The Bertz CT molecular complexity index is 1100. The second-order valence-corrected chi connectivity index (χ2v) is 10.1. The van der Waals surface area contributed by atoms with Crippen molar-refractivity contribution in [3.8, 4) is 0 Å². The first-order valence-electron chi connectivity index (χ1n) is 7.51. The second kappa shape index (κ2) is 5.82. The summed E-state index contributed by atoms with van der Waals surface area (Å²) in [4.78, 5) is 21.2. The summed E-state index contributed by atoms with van der Waals surface area (Å²) in [7, 11) is -3.47. The Hall–Kier alpha value is -1.86. The molecule has 2 aromatic rings. The Morgan fingerprint density at radius 2 is 2.07 bits per heavy atom. The number of carbonyl (C=O) groups is 1. The minimum absolute atomic E-state index is 0.0324. The molecule has 2 aliphatic heterocycles. The Balaban J connectivity index is 1.77. The number of aromatic nitrogens is 1. The number of amides is 1. The van der Waals surface area contributed by atoms with Gasteiger partial charge in [-0.2, -0.15) is 13.2 Å². The number of thiazole rings is 1. The summed E-state index contributed by atoms with van der Waals surface area (Å²) in [6, 6.07) is 4.07. The van der Waals surface area contributed by atoms with Crippen LogP contribution in [0.1, 0.15) is 0 Å². The number of amidine groups is 1. The number of thioether (sulfide) groups is 1. The van der Waals surface area contributed by atoms with Crippen molar-refractivity contribution in [3.63, 3.8) is 0 Å². The molecule has 1 aromatic carbocycles. The molecule has 13 heteroatoms. The van der Waals surface area contributed by atoms with Gasteiger partial charge in [0.05, 0.1) is 15.1 Å². The number of benzene rings is 1. The third-order valence-corrected chi connectivity index (χ3v) is 7.08. The summed E-state index contributed by atoms with van der Waals surface area (Å²) < 4.78 is 65.1. The number of hydrogen-bond donors (Lipinski definition) is 1. The lowest BCUT2D eigenvalue weighted by molar-refractivity contribution is -0.185. The van der Waals surface area contributed by atoms with E-state index >= 15 is 0 Å². The van der Waals surface area contributed by atoms with Gasteiger partial charge < -0.3 is 5.32 Å². The van der Waals surface area contributed by atoms with Gasteiger partial charge in [-0.25, -0.2) is 18.4 Å². The molecule has 1 atom stereocenters. The lowest BCUT2D eigenvalue weighted by atomic mass is 10.1. The van der Waals surface area contributed by atoms with E-state index in [1.807, 2.05) is 0 Å². The van der Waals surface area contributed by atoms with Gasteiger partial charge in [0, 0.05) is 18.6 Å². The van der Waals surface area contributed by atoms with E-state index in [9.17, 15) is 26.4 Å². The first kappa shape index (κ1) is 18.5.